The molecule has 0 bridgehead atoms. The van der Waals surface area contributed by atoms with Crippen LogP contribution in [0.4, 0.5) is 0 Å². The van der Waals surface area contributed by atoms with E-state index in [9.17, 15) is 18.7 Å². The maximum atomic E-state index is 11.6. The van der Waals surface area contributed by atoms with Crippen LogP contribution in [0.3, 0.4) is 0 Å². The van der Waals surface area contributed by atoms with Gasteiger partial charge in [0.2, 0.25) is 0 Å². The minimum Gasteiger partial charge on any atom is -0.481 e. The highest BCUT2D eigenvalue weighted by Crippen LogP contribution is 2.32. The zero-order chi connectivity index (χ0) is 20.7. The molecule has 0 aliphatic rings. The molecule has 0 heterocycles. The highest BCUT2D eigenvalue weighted by atomic mass is 31.1. The van der Waals surface area contributed by atoms with E-state index in [0.717, 1.165) is 0 Å². The number of aliphatic carboxylic acids is 2. The Morgan fingerprint density at radius 2 is 1.42 bits per heavy atom. The summed E-state index contributed by atoms with van der Waals surface area (Å²) in [5.74, 6) is -3.02. The van der Waals surface area contributed by atoms with Crippen LogP contribution in [0.2, 0.25) is 0 Å². The summed E-state index contributed by atoms with van der Waals surface area (Å²) >= 11 is 0. The Labute approximate surface area is 157 Å². The number of carboxylic acid groups (broad SMARTS) is 2. The van der Waals surface area contributed by atoms with Gasteiger partial charge in [-0.3, -0.25) is 9.59 Å². The summed E-state index contributed by atoms with van der Waals surface area (Å²) in [6.45, 7) is 7.65. The van der Waals surface area contributed by atoms with Crippen LogP contribution in [0.5, 0.6) is 0 Å². The van der Waals surface area contributed by atoms with Crippen LogP contribution in [0.15, 0.2) is 0 Å². The molecule has 0 fully saturated rings. The van der Waals surface area contributed by atoms with Crippen LogP contribution in [-0.4, -0.2) is 60.4 Å². The molecule has 0 aromatic rings. The molecule has 5 atom stereocenters. The van der Waals surface area contributed by atoms with E-state index in [4.69, 9.17) is 14.9 Å². The molecular formula is C16H34O8P2. The number of rotatable bonds is 13. The van der Waals surface area contributed by atoms with E-state index in [2.05, 4.69) is 4.74 Å². The number of hydrogen-bond donors (Lipinski definition) is 2. The van der Waals surface area contributed by atoms with Gasteiger partial charge < -0.3 is 28.8 Å². The molecule has 0 spiro atoms. The Balaban J connectivity index is 0. The zero-order valence-corrected chi connectivity index (χ0v) is 18.3. The quantitative estimate of drug-likeness (QED) is 0.438. The largest absolute Gasteiger partial charge is 0.481 e. The fraction of sp³-hybridized carbons (Fsp3) is 0.875. The van der Waals surface area contributed by atoms with E-state index >= 15 is 0 Å². The molecule has 8 nitrogen and oxygen atoms in total. The van der Waals surface area contributed by atoms with E-state index in [1.807, 2.05) is 6.92 Å². The molecule has 156 valence electrons. The monoisotopic (exact) mass is 416 g/mol. The van der Waals surface area contributed by atoms with E-state index in [1.165, 1.54) is 7.11 Å². The second-order valence-corrected chi connectivity index (χ2v) is 9.76. The summed E-state index contributed by atoms with van der Waals surface area (Å²) < 4.78 is 32.6. The third kappa shape index (κ3) is 13.5. The van der Waals surface area contributed by atoms with E-state index < -0.39 is 39.4 Å². The van der Waals surface area contributed by atoms with Gasteiger partial charge in [-0.1, -0.05) is 13.8 Å². The lowest BCUT2D eigenvalue weighted by Gasteiger charge is -2.14. The lowest BCUT2D eigenvalue weighted by Crippen LogP contribution is -2.17. The third-order valence-corrected chi connectivity index (χ3v) is 7.31. The summed E-state index contributed by atoms with van der Waals surface area (Å²) in [7, 11) is -2.33. The normalized spacial score (nSPS) is 16.5. The smallest absolute Gasteiger partial charge is 0.306 e. The number of carboxylic acids is 2. The second kappa shape index (κ2) is 16.5. The molecule has 0 aromatic carbocycles. The molecule has 0 aliphatic carbocycles. The van der Waals surface area contributed by atoms with Crippen molar-refractivity contribution in [2.45, 2.75) is 46.4 Å². The zero-order valence-electron chi connectivity index (χ0n) is 16.3. The standard InChI is InChI=1S/C9H19O4P.C7H15O4P/c1-4-8(9(10)11)6-14(12)7(3)13-5-2;1-3-6(7(8)9)4-12(10)5-11-2/h7-8,14H,4-6H2,1-3H3,(H,10,11);6,12H,3-5H2,1-2H3,(H,8,9). The van der Waals surface area contributed by atoms with E-state index in [0.29, 0.717) is 19.4 Å². The second-order valence-electron chi connectivity index (χ2n) is 5.83. The minimum atomic E-state index is -1.94. The van der Waals surface area contributed by atoms with Crippen molar-refractivity contribution in [3.63, 3.8) is 0 Å². The Morgan fingerprint density at radius 3 is 1.77 bits per heavy atom. The van der Waals surface area contributed by atoms with Gasteiger partial charge in [-0.2, -0.15) is 0 Å². The van der Waals surface area contributed by atoms with Gasteiger partial charge in [0.15, 0.2) is 0 Å². The first-order valence-electron chi connectivity index (χ1n) is 8.74. The molecule has 0 aromatic heterocycles. The van der Waals surface area contributed by atoms with Crippen molar-refractivity contribution < 1.29 is 38.4 Å². The van der Waals surface area contributed by atoms with Crippen LogP contribution in [-0.2, 0) is 28.2 Å². The fourth-order valence-electron chi connectivity index (χ4n) is 2.06. The van der Waals surface area contributed by atoms with Crippen molar-refractivity contribution in [1.82, 2.24) is 0 Å². The molecule has 0 radical (unpaired) electrons. The summed E-state index contributed by atoms with van der Waals surface area (Å²) in [4.78, 5) is 21.2. The van der Waals surface area contributed by atoms with Gasteiger partial charge in [-0.05, 0) is 26.7 Å². The molecule has 0 rings (SSSR count). The predicted molar refractivity (Wildman–Crippen MR) is 104 cm³/mol. The number of hydrogen-bond acceptors (Lipinski definition) is 6. The van der Waals surface area contributed by atoms with Gasteiger partial charge >= 0.3 is 11.9 Å². The first-order valence-corrected chi connectivity index (χ1v) is 12.3. The topological polar surface area (TPSA) is 127 Å². The molecule has 0 amide bonds. The molecule has 0 saturated carbocycles. The van der Waals surface area contributed by atoms with Crippen molar-refractivity contribution in [3.05, 3.63) is 0 Å². The summed E-state index contributed by atoms with van der Waals surface area (Å²) in [5.41, 5.74) is 0. The fourth-order valence-corrected chi connectivity index (χ4v) is 5.15. The average molecular weight is 416 g/mol. The Morgan fingerprint density at radius 1 is 0.962 bits per heavy atom. The first-order chi connectivity index (χ1) is 12.1. The van der Waals surface area contributed by atoms with Crippen molar-refractivity contribution in [1.29, 1.82) is 0 Å². The SMILES string of the molecule is CCC(C[PH](=O)COC)C(=O)O.CCOC(C)[PH](=O)CC(CC)C(=O)O. The summed E-state index contributed by atoms with van der Waals surface area (Å²) in [5, 5.41) is 17.4. The van der Waals surface area contributed by atoms with Gasteiger partial charge in [0.05, 0.1) is 18.2 Å². The van der Waals surface area contributed by atoms with E-state index in [1.54, 1.807) is 20.8 Å². The van der Waals surface area contributed by atoms with Crippen molar-refractivity contribution in [2.24, 2.45) is 11.8 Å². The highest BCUT2D eigenvalue weighted by Gasteiger charge is 2.21. The number of methoxy groups -OCH3 is 1. The van der Waals surface area contributed by atoms with Gasteiger partial charge in [0.25, 0.3) is 0 Å². The number of ether oxygens (including phenoxy) is 2. The van der Waals surface area contributed by atoms with Gasteiger partial charge in [-0.25, -0.2) is 0 Å². The Kier molecular flexibility index (Phi) is 17.5. The van der Waals surface area contributed by atoms with Gasteiger partial charge in [0.1, 0.15) is 21.4 Å². The summed E-state index contributed by atoms with van der Waals surface area (Å²) in [6, 6.07) is 0. The molecule has 2 N–H and O–H groups in total. The Bertz CT molecular complexity index is 456. The van der Waals surface area contributed by atoms with Gasteiger partial charge in [-0.15, -0.1) is 0 Å². The molecule has 0 aliphatic heterocycles. The molecule has 10 heteroatoms. The lowest BCUT2D eigenvalue weighted by atomic mass is 10.1. The Hall–Kier alpha value is -0.680. The van der Waals surface area contributed by atoms with Crippen LogP contribution in [0, 0.1) is 11.8 Å². The van der Waals surface area contributed by atoms with Gasteiger partial charge in [0, 0.05) is 26.0 Å². The minimum absolute atomic E-state index is 0.189. The maximum Gasteiger partial charge on any atom is 0.306 e. The molecule has 0 saturated heterocycles. The highest BCUT2D eigenvalue weighted by molar-refractivity contribution is 7.45. The first kappa shape index (κ1) is 27.5. The predicted octanol–water partition coefficient (Wildman–Crippen LogP) is 3.30. The number of carbonyl (C=O) groups is 2. The third-order valence-electron chi connectivity index (χ3n) is 3.78. The van der Waals surface area contributed by atoms with Crippen LogP contribution >= 0.6 is 15.6 Å². The molecule has 26 heavy (non-hydrogen) atoms. The van der Waals surface area contributed by atoms with E-state index in [-0.39, 0.29) is 24.5 Å². The van der Waals surface area contributed by atoms with Crippen molar-refractivity contribution in [3.8, 4) is 0 Å². The molecular weight excluding hydrogens is 382 g/mol. The maximum absolute atomic E-state index is 11.6. The molecule has 5 unspecified atom stereocenters. The van der Waals surface area contributed by atoms with Crippen molar-refractivity contribution in [2.75, 3.05) is 32.4 Å². The summed E-state index contributed by atoms with van der Waals surface area (Å²) in [6.07, 6.45) is 1.73. The average Bonchev–Trinajstić information content (AvgIpc) is 2.57. The lowest BCUT2D eigenvalue weighted by molar-refractivity contribution is -0.142. The van der Waals surface area contributed by atoms with Crippen molar-refractivity contribution >= 4 is 27.5 Å². The van der Waals surface area contributed by atoms with Crippen LogP contribution < -0.4 is 0 Å². The van der Waals surface area contributed by atoms with Crippen LogP contribution in [0.1, 0.15) is 40.5 Å². The van der Waals surface area contributed by atoms with Crippen LogP contribution in [0.25, 0.3) is 0 Å².